The number of carbonyl (C=O) groups is 1. The number of carboxylic acids is 1. The van der Waals surface area contributed by atoms with Gasteiger partial charge in [-0.05, 0) is 60.6 Å². The Morgan fingerprint density at radius 2 is 1.95 bits per heavy atom. The van der Waals surface area contributed by atoms with Crippen LogP contribution < -0.4 is 5.56 Å². The number of rotatable bonds is 8. The first-order valence-electron chi connectivity index (χ1n) is 13.3. The Morgan fingerprint density at radius 1 is 1.16 bits per heavy atom. The molecule has 8 nitrogen and oxygen atoms in total. The second-order valence-electron chi connectivity index (χ2n) is 10.8. The fourth-order valence-corrected chi connectivity index (χ4v) is 5.94. The predicted octanol–water partition coefficient (Wildman–Crippen LogP) is 4.91. The number of pyridine rings is 2. The quantitative estimate of drug-likeness (QED) is 0.448. The van der Waals surface area contributed by atoms with E-state index in [2.05, 4.69) is 10.3 Å². The summed E-state index contributed by atoms with van der Waals surface area (Å²) in [6, 6.07) is 7.12. The third-order valence-corrected chi connectivity index (χ3v) is 8.09. The van der Waals surface area contributed by atoms with Gasteiger partial charge in [0.2, 0.25) is 5.92 Å². The van der Waals surface area contributed by atoms with Crippen LogP contribution in [-0.4, -0.2) is 41.5 Å². The molecule has 0 aromatic carbocycles. The molecule has 2 saturated carbocycles. The number of aromatic nitrogens is 5. The lowest BCUT2D eigenvalue weighted by atomic mass is 9.74. The van der Waals surface area contributed by atoms with Crippen molar-refractivity contribution in [2.75, 3.05) is 0 Å². The molecule has 3 aromatic heterocycles. The van der Waals surface area contributed by atoms with Gasteiger partial charge in [0.05, 0.1) is 17.9 Å². The molecular weight excluding hydrogens is 492 g/mol. The summed E-state index contributed by atoms with van der Waals surface area (Å²) in [5.74, 6) is -4.51. The molecule has 0 aliphatic heterocycles. The Labute approximate surface area is 219 Å². The van der Waals surface area contributed by atoms with Crippen molar-refractivity contribution in [1.82, 2.24) is 24.5 Å². The highest BCUT2D eigenvalue weighted by atomic mass is 19.3. The zero-order chi connectivity index (χ0) is 27.0. The van der Waals surface area contributed by atoms with Gasteiger partial charge in [0.15, 0.2) is 0 Å². The molecule has 38 heavy (non-hydrogen) atoms. The fraction of sp³-hybridized carbons (Fsp3) is 0.536. The second-order valence-corrected chi connectivity index (χ2v) is 10.8. The summed E-state index contributed by atoms with van der Waals surface area (Å²) in [5.41, 5.74) is 4.33. The van der Waals surface area contributed by atoms with Gasteiger partial charge >= 0.3 is 5.97 Å². The van der Waals surface area contributed by atoms with Gasteiger partial charge in [-0.3, -0.25) is 14.6 Å². The maximum absolute atomic E-state index is 14.6. The van der Waals surface area contributed by atoms with Gasteiger partial charge in [0.25, 0.3) is 5.56 Å². The zero-order valence-corrected chi connectivity index (χ0v) is 21.7. The first-order chi connectivity index (χ1) is 18.1. The molecule has 10 heteroatoms. The van der Waals surface area contributed by atoms with E-state index in [1.807, 2.05) is 25.3 Å². The van der Waals surface area contributed by atoms with Crippen molar-refractivity contribution in [2.45, 2.75) is 82.6 Å². The average molecular weight is 526 g/mol. The van der Waals surface area contributed by atoms with Gasteiger partial charge in [-0.15, -0.1) is 5.10 Å². The molecule has 0 bridgehead atoms. The highest BCUT2D eigenvalue weighted by Gasteiger charge is 2.43. The van der Waals surface area contributed by atoms with Crippen molar-refractivity contribution in [3.05, 3.63) is 63.3 Å². The molecule has 0 amide bonds. The fourth-order valence-electron chi connectivity index (χ4n) is 5.94. The van der Waals surface area contributed by atoms with Crippen LogP contribution >= 0.6 is 0 Å². The highest BCUT2D eigenvalue weighted by Crippen LogP contribution is 2.46. The lowest BCUT2D eigenvalue weighted by molar-refractivity contribution is -0.140. The molecule has 202 valence electrons. The maximum Gasteiger partial charge on any atom is 0.303 e. The Balaban J connectivity index is 1.45. The SMILES string of the molecule is CCc1nc(-c2nnn(C)c2Cn2cc(C3CCC3)ccc2=O)ccc1C1C[C@@H](CC(=O)O)CC(F)(F)C1. The second kappa shape index (κ2) is 10.4. The largest absolute Gasteiger partial charge is 0.481 e. The molecule has 0 saturated heterocycles. The van der Waals surface area contributed by atoms with Crippen molar-refractivity contribution < 1.29 is 18.7 Å². The van der Waals surface area contributed by atoms with E-state index >= 15 is 0 Å². The van der Waals surface area contributed by atoms with Crippen LogP contribution in [-0.2, 0) is 24.8 Å². The molecule has 3 heterocycles. The third-order valence-electron chi connectivity index (χ3n) is 8.09. The number of aryl methyl sites for hydroxylation is 2. The molecule has 1 N–H and O–H groups in total. The van der Waals surface area contributed by atoms with Crippen molar-refractivity contribution in [3.8, 4) is 11.4 Å². The highest BCUT2D eigenvalue weighted by molar-refractivity contribution is 5.67. The lowest BCUT2D eigenvalue weighted by Gasteiger charge is -2.35. The van der Waals surface area contributed by atoms with Crippen molar-refractivity contribution in [3.63, 3.8) is 0 Å². The summed E-state index contributed by atoms with van der Waals surface area (Å²) >= 11 is 0. The molecule has 2 aliphatic rings. The summed E-state index contributed by atoms with van der Waals surface area (Å²) in [6.07, 6.45) is 5.37. The molecule has 2 fully saturated rings. The van der Waals surface area contributed by atoms with Crippen LogP contribution in [0.5, 0.6) is 0 Å². The Bertz CT molecular complexity index is 1400. The Hall–Kier alpha value is -3.43. The average Bonchev–Trinajstić information content (AvgIpc) is 3.18. The van der Waals surface area contributed by atoms with Crippen molar-refractivity contribution in [2.24, 2.45) is 13.0 Å². The Kier molecular flexibility index (Phi) is 7.15. The standard InChI is InChI=1S/C28H33F2N5O3/c1-3-22-21(20-11-17(12-26(37)38)13-28(29,30)14-20)8-9-23(31-22)27-24(34(2)33-32-27)16-35-15-19(7-10-25(35)36)18-5-4-6-18/h7-10,15,17-18,20H,3-6,11-14,16H2,1-2H3,(H,37,38)/t17-,20?/m0/s1. The van der Waals surface area contributed by atoms with Gasteiger partial charge in [-0.25, -0.2) is 13.5 Å². The van der Waals surface area contributed by atoms with Crippen LogP contribution in [0.15, 0.2) is 35.3 Å². The number of hydrogen-bond acceptors (Lipinski definition) is 5. The predicted molar refractivity (Wildman–Crippen MR) is 137 cm³/mol. The molecule has 1 unspecified atom stereocenters. The summed E-state index contributed by atoms with van der Waals surface area (Å²) in [5, 5.41) is 17.7. The number of aliphatic carboxylic acids is 1. The van der Waals surface area contributed by atoms with Crippen LogP contribution in [0.3, 0.4) is 0 Å². The van der Waals surface area contributed by atoms with E-state index < -0.39 is 30.1 Å². The van der Waals surface area contributed by atoms with E-state index in [-0.39, 0.29) is 24.9 Å². The monoisotopic (exact) mass is 525 g/mol. The third kappa shape index (κ3) is 5.39. The van der Waals surface area contributed by atoms with Gasteiger partial charge in [-0.2, -0.15) is 0 Å². The van der Waals surface area contributed by atoms with Gasteiger partial charge in [0.1, 0.15) is 5.69 Å². The Morgan fingerprint density at radius 3 is 2.63 bits per heavy atom. The van der Waals surface area contributed by atoms with Crippen LogP contribution in [0.4, 0.5) is 8.78 Å². The normalized spacial score (nSPS) is 21.3. The smallest absolute Gasteiger partial charge is 0.303 e. The van der Waals surface area contributed by atoms with Crippen LogP contribution in [0.1, 0.15) is 86.2 Å². The van der Waals surface area contributed by atoms with Crippen molar-refractivity contribution in [1.29, 1.82) is 0 Å². The molecule has 2 aliphatic carbocycles. The van der Waals surface area contributed by atoms with Crippen LogP contribution in [0.2, 0.25) is 0 Å². The molecule has 0 radical (unpaired) electrons. The summed E-state index contributed by atoms with van der Waals surface area (Å²) < 4.78 is 32.4. The summed E-state index contributed by atoms with van der Waals surface area (Å²) in [6.45, 7) is 2.21. The number of nitrogens with zero attached hydrogens (tertiary/aromatic N) is 5. The molecule has 5 rings (SSSR count). The molecule has 3 aromatic rings. The minimum atomic E-state index is -2.91. The number of halogens is 2. The van der Waals surface area contributed by atoms with Gasteiger partial charge in [-0.1, -0.05) is 30.7 Å². The zero-order valence-electron chi connectivity index (χ0n) is 21.7. The number of hydrogen-bond donors (Lipinski definition) is 1. The first-order valence-corrected chi connectivity index (χ1v) is 13.3. The van der Waals surface area contributed by atoms with Crippen LogP contribution in [0.25, 0.3) is 11.4 Å². The van der Waals surface area contributed by atoms with E-state index in [9.17, 15) is 23.5 Å². The molecular formula is C28H33F2N5O3. The molecule has 0 spiro atoms. The van der Waals surface area contributed by atoms with Crippen LogP contribution in [0, 0.1) is 5.92 Å². The minimum absolute atomic E-state index is 0.105. The molecule has 2 atom stereocenters. The number of alkyl halides is 2. The van der Waals surface area contributed by atoms with E-state index in [0.717, 1.165) is 29.7 Å². The lowest BCUT2D eigenvalue weighted by Crippen LogP contribution is -2.32. The maximum atomic E-state index is 14.6. The topological polar surface area (TPSA) is 103 Å². The number of carboxylic acid groups (broad SMARTS) is 1. The summed E-state index contributed by atoms with van der Waals surface area (Å²) in [4.78, 5) is 28.7. The summed E-state index contributed by atoms with van der Waals surface area (Å²) in [7, 11) is 1.77. The minimum Gasteiger partial charge on any atom is -0.481 e. The van der Waals surface area contributed by atoms with Gasteiger partial charge in [0, 0.05) is 44.3 Å². The van der Waals surface area contributed by atoms with E-state index in [1.54, 1.807) is 28.4 Å². The first kappa shape index (κ1) is 26.2. The van der Waals surface area contributed by atoms with E-state index in [1.165, 1.54) is 6.42 Å². The van der Waals surface area contributed by atoms with E-state index in [0.29, 0.717) is 35.8 Å². The van der Waals surface area contributed by atoms with Gasteiger partial charge < -0.3 is 9.67 Å². The van der Waals surface area contributed by atoms with Crippen molar-refractivity contribution >= 4 is 5.97 Å². The van der Waals surface area contributed by atoms with E-state index in [4.69, 9.17) is 4.98 Å².